The summed E-state index contributed by atoms with van der Waals surface area (Å²) in [5, 5.41) is 2.17. The number of nitrogens with one attached hydrogen (secondary N) is 1. The van der Waals surface area contributed by atoms with E-state index in [-0.39, 0.29) is 22.2 Å². The SMILES string of the molecule is O=C(Nc1ccc(Cl)cc1C(F)(F)F)c1ccc(C(=O)N2CCCC2)cc1. The van der Waals surface area contributed by atoms with Gasteiger partial charge in [0, 0.05) is 29.2 Å². The van der Waals surface area contributed by atoms with E-state index >= 15 is 0 Å². The van der Waals surface area contributed by atoms with Crippen molar-refractivity contribution in [3.8, 4) is 0 Å². The molecular formula is C19H16ClF3N2O2. The van der Waals surface area contributed by atoms with E-state index in [2.05, 4.69) is 5.32 Å². The quantitative estimate of drug-likeness (QED) is 0.806. The fraction of sp³-hybridized carbons (Fsp3) is 0.263. The third-order valence-electron chi connectivity index (χ3n) is 4.32. The number of carbonyl (C=O) groups excluding carboxylic acids is 2. The Labute approximate surface area is 158 Å². The number of hydrogen-bond acceptors (Lipinski definition) is 2. The molecule has 142 valence electrons. The highest BCUT2D eigenvalue weighted by molar-refractivity contribution is 6.30. The lowest BCUT2D eigenvalue weighted by Crippen LogP contribution is -2.27. The molecule has 2 amide bonds. The highest BCUT2D eigenvalue weighted by Crippen LogP contribution is 2.36. The van der Waals surface area contributed by atoms with Crippen molar-refractivity contribution >= 4 is 29.1 Å². The van der Waals surface area contributed by atoms with Crippen LogP contribution in [-0.2, 0) is 6.18 Å². The average Bonchev–Trinajstić information content (AvgIpc) is 3.16. The number of nitrogens with zero attached hydrogens (tertiary/aromatic N) is 1. The van der Waals surface area contributed by atoms with Gasteiger partial charge in [0.05, 0.1) is 11.3 Å². The smallest absolute Gasteiger partial charge is 0.339 e. The lowest BCUT2D eigenvalue weighted by Gasteiger charge is -2.16. The van der Waals surface area contributed by atoms with Crippen LogP contribution in [0.15, 0.2) is 42.5 Å². The van der Waals surface area contributed by atoms with E-state index in [1.54, 1.807) is 4.90 Å². The van der Waals surface area contributed by atoms with Crippen molar-refractivity contribution in [3.05, 3.63) is 64.2 Å². The summed E-state index contributed by atoms with van der Waals surface area (Å²) in [4.78, 5) is 26.3. The molecule has 1 heterocycles. The van der Waals surface area contributed by atoms with Crippen LogP contribution in [0.1, 0.15) is 39.1 Å². The summed E-state index contributed by atoms with van der Waals surface area (Å²) in [5.74, 6) is -0.820. The van der Waals surface area contributed by atoms with Crippen LogP contribution in [0.2, 0.25) is 5.02 Å². The van der Waals surface area contributed by atoms with Crippen molar-refractivity contribution in [2.45, 2.75) is 19.0 Å². The van der Waals surface area contributed by atoms with Crippen molar-refractivity contribution in [2.75, 3.05) is 18.4 Å². The van der Waals surface area contributed by atoms with Gasteiger partial charge in [-0.2, -0.15) is 13.2 Å². The zero-order valence-corrected chi connectivity index (χ0v) is 14.9. The Morgan fingerprint density at radius 3 is 2.15 bits per heavy atom. The number of amides is 2. The fourth-order valence-corrected chi connectivity index (χ4v) is 3.09. The third kappa shape index (κ3) is 4.42. The molecule has 8 heteroatoms. The number of benzene rings is 2. The van der Waals surface area contributed by atoms with Crippen LogP contribution in [0.5, 0.6) is 0 Å². The molecule has 0 aliphatic carbocycles. The third-order valence-corrected chi connectivity index (χ3v) is 4.56. The highest BCUT2D eigenvalue weighted by Gasteiger charge is 2.34. The molecule has 1 aliphatic heterocycles. The van der Waals surface area contributed by atoms with Crippen LogP contribution in [0, 0.1) is 0 Å². The second-order valence-corrected chi connectivity index (χ2v) is 6.65. The Bertz CT molecular complexity index is 860. The molecule has 0 atom stereocenters. The average molecular weight is 397 g/mol. The summed E-state index contributed by atoms with van der Waals surface area (Å²) < 4.78 is 39.4. The van der Waals surface area contributed by atoms with Gasteiger partial charge >= 0.3 is 6.18 Å². The second kappa shape index (κ2) is 7.60. The molecule has 4 nitrogen and oxygen atoms in total. The van der Waals surface area contributed by atoms with E-state index in [0.717, 1.165) is 25.0 Å². The normalized spacial score (nSPS) is 14.3. The van der Waals surface area contributed by atoms with Crippen LogP contribution in [-0.4, -0.2) is 29.8 Å². The Kier molecular flexibility index (Phi) is 5.41. The first-order valence-electron chi connectivity index (χ1n) is 8.33. The summed E-state index contributed by atoms with van der Waals surface area (Å²) in [6, 6.07) is 8.97. The summed E-state index contributed by atoms with van der Waals surface area (Å²) >= 11 is 5.63. The predicted molar refractivity (Wildman–Crippen MR) is 96.0 cm³/mol. The minimum atomic E-state index is -4.65. The summed E-state index contributed by atoms with van der Waals surface area (Å²) in [5.41, 5.74) is -0.815. The lowest BCUT2D eigenvalue weighted by atomic mass is 10.1. The number of likely N-dealkylation sites (tertiary alicyclic amines) is 1. The van der Waals surface area contributed by atoms with Crippen LogP contribution in [0.25, 0.3) is 0 Å². The topological polar surface area (TPSA) is 49.4 Å². The number of hydrogen-bond donors (Lipinski definition) is 1. The fourth-order valence-electron chi connectivity index (χ4n) is 2.92. The van der Waals surface area contributed by atoms with Gasteiger partial charge in [-0.25, -0.2) is 0 Å². The molecule has 2 aromatic rings. The highest BCUT2D eigenvalue weighted by atomic mass is 35.5. The van der Waals surface area contributed by atoms with Crippen LogP contribution in [0.3, 0.4) is 0 Å². The summed E-state index contributed by atoms with van der Waals surface area (Å²) in [6.07, 6.45) is -2.72. The largest absolute Gasteiger partial charge is 0.418 e. The molecule has 3 rings (SSSR count). The Balaban J connectivity index is 1.76. The van der Waals surface area contributed by atoms with Crippen LogP contribution >= 0.6 is 11.6 Å². The van der Waals surface area contributed by atoms with E-state index < -0.39 is 17.6 Å². The number of rotatable bonds is 3. The molecule has 0 aromatic heterocycles. The minimum Gasteiger partial charge on any atom is -0.339 e. The van der Waals surface area contributed by atoms with Crippen LogP contribution in [0.4, 0.5) is 18.9 Å². The molecule has 0 bridgehead atoms. The Morgan fingerprint density at radius 2 is 1.56 bits per heavy atom. The van der Waals surface area contributed by atoms with Crippen molar-refractivity contribution in [1.82, 2.24) is 4.90 Å². The van der Waals surface area contributed by atoms with E-state index in [9.17, 15) is 22.8 Å². The van der Waals surface area contributed by atoms with Gasteiger partial charge in [0.1, 0.15) is 0 Å². The second-order valence-electron chi connectivity index (χ2n) is 6.22. The van der Waals surface area contributed by atoms with E-state index in [0.29, 0.717) is 18.7 Å². The molecule has 1 saturated heterocycles. The van der Waals surface area contributed by atoms with Gasteiger partial charge in [-0.3, -0.25) is 9.59 Å². The Hall–Kier alpha value is -2.54. The van der Waals surface area contributed by atoms with E-state index in [1.165, 1.54) is 30.3 Å². The molecular weight excluding hydrogens is 381 g/mol. The lowest BCUT2D eigenvalue weighted by molar-refractivity contribution is -0.136. The van der Waals surface area contributed by atoms with Crippen molar-refractivity contribution in [1.29, 1.82) is 0 Å². The van der Waals surface area contributed by atoms with Gasteiger partial charge in [0.15, 0.2) is 0 Å². The number of alkyl halides is 3. The van der Waals surface area contributed by atoms with Crippen molar-refractivity contribution in [3.63, 3.8) is 0 Å². The van der Waals surface area contributed by atoms with Gasteiger partial charge in [-0.15, -0.1) is 0 Å². The molecule has 0 spiro atoms. The molecule has 1 N–H and O–H groups in total. The van der Waals surface area contributed by atoms with Gasteiger partial charge in [0.25, 0.3) is 11.8 Å². The van der Waals surface area contributed by atoms with Crippen molar-refractivity contribution in [2.24, 2.45) is 0 Å². The molecule has 27 heavy (non-hydrogen) atoms. The number of anilines is 1. The summed E-state index contributed by atoms with van der Waals surface area (Å²) in [6.45, 7) is 1.41. The van der Waals surface area contributed by atoms with Crippen LogP contribution < -0.4 is 5.32 Å². The molecule has 1 fully saturated rings. The molecule has 0 unspecified atom stereocenters. The molecule has 2 aromatic carbocycles. The zero-order valence-electron chi connectivity index (χ0n) is 14.1. The monoisotopic (exact) mass is 396 g/mol. The maximum absolute atomic E-state index is 13.1. The Morgan fingerprint density at radius 1 is 0.963 bits per heavy atom. The first-order chi connectivity index (χ1) is 12.8. The predicted octanol–water partition coefficient (Wildman–Crippen LogP) is 4.85. The number of carbonyl (C=O) groups is 2. The van der Waals surface area contributed by atoms with Gasteiger partial charge in [-0.1, -0.05) is 11.6 Å². The van der Waals surface area contributed by atoms with E-state index in [4.69, 9.17) is 11.6 Å². The minimum absolute atomic E-state index is 0.0786. The molecule has 0 radical (unpaired) electrons. The molecule has 0 saturated carbocycles. The van der Waals surface area contributed by atoms with Gasteiger partial charge in [0.2, 0.25) is 0 Å². The zero-order chi connectivity index (χ0) is 19.6. The van der Waals surface area contributed by atoms with E-state index in [1.807, 2.05) is 0 Å². The first kappa shape index (κ1) is 19.2. The maximum atomic E-state index is 13.1. The van der Waals surface area contributed by atoms with Gasteiger partial charge < -0.3 is 10.2 Å². The van der Waals surface area contributed by atoms with Crippen molar-refractivity contribution < 1.29 is 22.8 Å². The first-order valence-corrected chi connectivity index (χ1v) is 8.71. The number of halogens is 4. The standard InChI is InChI=1S/C19H16ClF3N2O2/c20-14-7-8-16(15(11-14)19(21,22)23)24-17(26)12-3-5-13(6-4-12)18(27)25-9-1-2-10-25/h3-8,11H,1-2,9-10H2,(H,24,26). The summed E-state index contributed by atoms with van der Waals surface area (Å²) in [7, 11) is 0. The van der Waals surface area contributed by atoms with Gasteiger partial charge in [-0.05, 0) is 55.3 Å². The molecule has 1 aliphatic rings. The maximum Gasteiger partial charge on any atom is 0.418 e.